The number of hydrogen-bond donors (Lipinski definition) is 0. The molecule has 0 atom stereocenters. The van der Waals surface area contributed by atoms with Crippen molar-refractivity contribution >= 4 is 17.2 Å². The van der Waals surface area contributed by atoms with Gasteiger partial charge in [-0.25, -0.2) is 4.98 Å². The number of rotatable bonds is 3. The van der Waals surface area contributed by atoms with Crippen molar-refractivity contribution in [3.63, 3.8) is 0 Å². The number of fused-ring (bicyclic) bond motifs is 1. The van der Waals surface area contributed by atoms with Gasteiger partial charge in [0, 0.05) is 17.5 Å². The van der Waals surface area contributed by atoms with Gasteiger partial charge in [0.25, 0.3) is 0 Å². The summed E-state index contributed by atoms with van der Waals surface area (Å²) in [4.78, 5) is 14.8. The first-order valence-corrected chi connectivity index (χ1v) is 4.76. The van der Waals surface area contributed by atoms with Gasteiger partial charge in [-0.05, 0) is 12.1 Å². The van der Waals surface area contributed by atoms with Gasteiger partial charge in [-0.2, -0.15) is 0 Å². The van der Waals surface area contributed by atoms with Gasteiger partial charge in [-0.1, -0.05) is 0 Å². The number of pyridine rings is 1. The van der Waals surface area contributed by atoms with Crippen molar-refractivity contribution in [2.75, 3.05) is 14.2 Å². The average Bonchev–Trinajstić information content (AvgIpc) is 2.36. The molecule has 1 aromatic carbocycles. The third kappa shape index (κ3) is 1.69. The first kappa shape index (κ1) is 10.4. The van der Waals surface area contributed by atoms with Crippen molar-refractivity contribution < 1.29 is 14.3 Å². The highest BCUT2D eigenvalue weighted by Crippen LogP contribution is 2.29. The Morgan fingerprint density at radius 3 is 2.62 bits per heavy atom. The van der Waals surface area contributed by atoms with E-state index >= 15 is 0 Å². The molecule has 82 valence electrons. The highest BCUT2D eigenvalue weighted by Gasteiger charge is 2.06. The normalized spacial score (nSPS) is 10.1. The zero-order valence-corrected chi connectivity index (χ0v) is 9.06. The Kier molecular flexibility index (Phi) is 2.72. The fourth-order valence-electron chi connectivity index (χ4n) is 1.54. The Morgan fingerprint density at radius 2 is 2.00 bits per heavy atom. The van der Waals surface area contributed by atoms with E-state index in [1.807, 2.05) is 6.07 Å². The summed E-state index contributed by atoms with van der Waals surface area (Å²) in [6.07, 6.45) is 0.714. The molecule has 0 fully saturated rings. The number of methoxy groups -OCH3 is 2. The SMILES string of the molecule is COc1cc(OC)c2ccc(C=O)nc2c1. The molecule has 0 aliphatic carbocycles. The molecule has 0 radical (unpaired) electrons. The number of hydrogen-bond acceptors (Lipinski definition) is 4. The van der Waals surface area contributed by atoms with Crippen LogP contribution in [0.5, 0.6) is 11.5 Å². The summed E-state index contributed by atoms with van der Waals surface area (Å²) in [7, 11) is 3.16. The summed E-state index contributed by atoms with van der Waals surface area (Å²) >= 11 is 0. The standard InChI is InChI=1S/C12H11NO3/c1-15-9-5-11-10(12(6-9)16-2)4-3-8(7-14)13-11/h3-7H,1-2H3. The van der Waals surface area contributed by atoms with E-state index in [0.717, 1.165) is 5.39 Å². The third-order valence-corrected chi connectivity index (χ3v) is 2.34. The lowest BCUT2D eigenvalue weighted by Gasteiger charge is -2.08. The maximum absolute atomic E-state index is 10.6. The van der Waals surface area contributed by atoms with Gasteiger partial charge in [0.05, 0.1) is 19.7 Å². The van der Waals surface area contributed by atoms with Crippen LogP contribution in [0.4, 0.5) is 0 Å². The molecule has 0 saturated carbocycles. The molecule has 0 saturated heterocycles. The number of carbonyl (C=O) groups excluding carboxylic acids is 1. The largest absolute Gasteiger partial charge is 0.497 e. The summed E-state index contributed by atoms with van der Waals surface area (Å²) in [5, 5.41) is 0.855. The highest BCUT2D eigenvalue weighted by atomic mass is 16.5. The predicted molar refractivity (Wildman–Crippen MR) is 60.2 cm³/mol. The van der Waals surface area contributed by atoms with E-state index < -0.39 is 0 Å². The summed E-state index contributed by atoms with van der Waals surface area (Å²) in [6, 6.07) is 7.02. The van der Waals surface area contributed by atoms with Crippen molar-refractivity contribution in [1.82, 2.24) is 4.98 Å². The number of aromatic nitrogens is 1. The minimum absolute atomic E-state index is 0.391. The fourth-order valence-corrected chi connectivity index (χ4v) is 1.54. The number of benzene rings is 1. The van der Waals surface area contributed by atoms with Crippen molar-refractivity contribution in [2.24, 2.45) is 0 Å². The molecule has 1 heterocycles. The Balaban J connectivity index is 2.73. The maximum Gasteiger partial charge on any atom is 0.168 e. The van der Waals surface area contributed by atoms with Crippen LogP contribution in [0.2, 0.25) is 0 Å². The third-order valence-electron chi connectivity index (χ3n) is 2.34. The lowest BCUT2D eigenvalue weighted by atomic mass is 10.1. The smallest absolute Gasteiger partial charge is 0.168 e. The van der Waals surface area contributed by atoms with E-state index in [1.165, 1.54) is 0 Å². The van der Waals surface area contributed by atoms with Gasteiger partial charge >= 0.3 is 0 Å². The summed E-state index contributed by atoms with van der Waals surface area (Å²) < 4.78 is 10.4. The van der Waals surface area contributed by atoms with Crippen LogP contribution in [-0.4, -0.2) is 25.5 Å². The van der Waals surface area contributed by atoms with E-state index in [2.05, 4.69) is 4.98 Å². The minimum atomic E-state index is 0.391. The number of ether oxygens (including phenoxy) is 2. The second-order valence-corrected chi connectivity index (χ2v) is 3.25. The molecule has 2 aromatic rings. The quantitative estimate of drug-likeness (QED) is 0.738. The number of carbonyl (C=O) groups is 1. The van der Waals surface area contributed by atoms with Gasteiger partial charge < -0.3 is 9.47 Å². The van der Waals surface area contributed by atoms with Crippen LogP contribution in [-0.2, 0) is 0 Å². The van der Waals surface area contributed by atoms with E-state index in [1.54, 1.807) is 32.4 Å². The van der Waals surface area contributed by atoms with E-state index in [-0.39, 0.29) is 0 Å². The van der Waals surface area contributed by atoms with Crippen LogP contribution in [0.1, 0.15) is 10.5 Å². The van der Waals surface area contributed by atoms with Gasteiger partial charge in [0.15, 0.2) is 6.29 Å². The second kappa shape index (κ2) is 4.18. The Morgan fingerprint density at radius 1 is 1.19 bits per heavy atom. The van der Waals surface area contributed by atoms with Crippen LogP contribution in [0, 0.1) is 0 Å². The van der Waals surface area contributed by atoms with E-state index in [4.69, 9.17) is 9.47 Å². The molecule has 4 nitrogen and oxygen atoms in total. The van der Waals surface area contributed by atoms with Crippen LogP contribution in [0.25, 0.3) is 10.9 Å². The lowest BCUT2D eigenvalue weighted by Crippen LogP contribution is -1.92. The van der Waals surface area contributed by atoms with Crippen molar-refractivity contribution in [2.45, 2.75) is 0 Å². The molecule has 0 unspecified atom stereocenters. The first-order valence-electron chi connectivity index (χ1n) is 4.76. The molecule has 0 bridgehead atoms. The molecule has 0 aliphatic heterocycles. The molecule has 4 heteroatoms. The molecular weight excluding hydrogens is 206 g/mol. The van der Waals surface area contributed by atoms with Crippen molar-refractivity contribution in [3.05, 3.63) is 30.0 Å². The van der Waals surface area contributed by atoms with Gasteiger partial charge in [-0.3, -0.25) is 4.79 Å². The van der Waals surface area contributed by atoms with Crippen LogP contribution in [0.3, 0.4) is 0 Å². The molecule has 16 heavy (non-hydrogen) atoms. The molecule has 1 aromatic heterocycles. The molecule has 0 aliphatic rings. The molecule has 2 rings (SSSR count). The van der Waals surface area contributed by atoms with E-state index in [9.17, 15) is 4.79 Å². The first-order chi connectivity index (χ1) is 7.78. The monoisotopic (exact) mass is 217 g/mol. The summed E-state index contributed by atoms with van der Waals surface area (Å²) in [6.45, 7) is 0. The molecule has 0 N–H and O–H groups in total. The van der Waals surface area contributed by atoms with E-state index in [0.29, 0.717) is 29.0 Å². The fraction of sp³-hybridized carbons (Fsp3) is 0.167. The Bertz CT molecular complexity index is 537. The van der Waals surface area contributed by atoms with Crippen LogP contribution in [0.15, 0.2) is 24.3 Å². The molecular formula is C12H11NO3. The predicted octanol–water partition coefficient (Wildman–Crippen LogP) is 2.06. The summed E-state index contributed by atoms with van der Waals surface area (Å²) in [5.74, 6) is 1.33. The van der Waals surface area contributed by atoms with Crippen LogP contribution < -0.4 is 9.47 Å². The van der Waals surface area contributed by atoms with Crippen LogP contribution >= 0.6 is 0 Å². The second-order valence-electron chi connectivity index (χ2n) is 3.25. The highest BCUT2D eigenvalue weighted by molar-refractivity contribution is 5.89. The minimum Gasteiger partial charge on any atom is -0.497 e. The zero-order valence-electron chi connectivity index (χ0n) is 9.06. The van der Waals surface area contributed by atoms with Gasteiger partial charge in [0.1, 0.15) is 17.2 Å². The molecule has 0 amide bonds. The Hall–Kier alpha value is -2.10. The molecule has 0 spiro atoms. The lowest BCUT2D eigenvalue weighted by molar-refractivity contribution is 0.111. The van der Waals surface area contributed by atoms with Crippen molar-refractivity contribution in [3.8, 4) is 11.5 Å². The summed E-state index contributed by atoms with van der Waals surface area (Å²) in [5.41, 5.74) is 1.07. The maximum atomic E-state index is 10.6. The Labute approximate surface area is 92.8 Å². The zero-order chi connectivity index (χ0) is 11.5. The topological polar surface area (TPSA) is 48.4 Å². The number of aldehydes is 1. The van der Waals surface area contributed by atoms with Crippen molar-refractivity contribution in [1.29, 1.82) is 0 Å². The average molecular weight is 217 g/mol. The van der Waals surface area contributed by atoms with Gasteiger partial charge in [0.2, 0.25) is 0 Å². The van der Waals surface area contributed by atoms with Gasteiger partial charge in [-0.15, -0.1) is 0 Å². The number of nitrogens with zero attached hydrogens (tertiary/aromatic N) is 1.